The molecule has 82 heavy (non-hydrogen) atoms. The predicted molar refractivity (Wildman–Crippen MR) is 313 cm³/mol. The van der Waals surface area contributed by atoms with Crippen molar-refractivity contribution in [1.82, 2.24) is 31.1 Å². The molecule has 4 heterocycles. The molecule has 2 saturated heterocycles. The van der Waals surface area contributed by atoms with E-state index in [1.807, 2.05) is 37.4 Å². The number of alkyl halides is 2. The van der Waals surface area contributed by atoms with Crippen molar-refractivity contribution in [1.29, 1.82) is 0 Å². The predicted octanol–water partition coefficient (Wildman–Crippen LogP) is 7.75. The molecular formula is C58H72BrF2N8O11PS. The summed E-state index contributed by atoms with van der Waals surface area (Å²) >= 11 is 4.37. The van der Waals surface area contributed by atoms with E-state index in [4.69, 9.17) is 0 Å². The number of anilines is 1. The lowest BCUT2D eigenvalue weighted by Gasteiger charge is -2.36. The van der Waals surface area contributed by atoms with Gasteiger partial charge in [-0.25, -0.2) is 0 Å². The van der Waals surface area contributed by atoms with Crippen LogP contribution in [0, 0.1) is 10.8 Å². The number of nitrogens with zero attached hydrogens (tertiary/aromatic N) is 4. The first-order valence-electron chi connectivity index (χ1n) is 27.2. The highest BCUT2D eigenvalue weighted by atomic mass is 79.9. The number of aliphatic hydroxyl groups is 1. The van der Waals surface area contributed by atoms with Gasteiger partial charge in [0.1, 0.15) is 24.2 Å². The van der Waals surface area contributed by atoms with Crippen LogP contribution in [0.5, 0.6) is 0 Å². The van der Waals surface area contributed by atoms with Gasteiger partial charge in [-0.15, -0.1) is 11.3 Å². The molecule has 0 saturated carbocycles. The first kappa shape index (κ1) is 63.4. The number of rotatable bonds is 21. The summed E-state index contributed by atoms with van der Waals surface area (Å²) in [5, 5.41) is 22.2. The number of halogens is 3. The number of likely N-dealkylation sites (tertiary alicyclic amines) is 2. The van der Waals surface area contributed by atoms with Crippen LogP contribution in [-0.2, 0) is 45.5 Å². The number of hydrogen-bond donors (Lipinski definition) is 7. The van der Waals surface area contributed by atoms with E-state index < -0.39 is 95.4 Å². The summed E-state index contributed by atoms with van der Waals surface area (Å²) in [6.45, 7) is 13.1. The molecule has 4 aromatic rings. The van der Waals surface area contributed by atoms with Crippen molar-refractivity contribution in [3.05, 3.63) is 105 Å². The normalized spacial score (nSPS) is 18.4. The van der Waals surface area contributed by atoms with E-state index in [9.17, 15) is 61.8 Å². The molecule has 3 aromatic carbocycles. The van der Waals surface area contributed by atoms with Crippen LogP contribution in [0.1, 0.15) is 126 Å². The van der Waals surface area contributed by atoms with Crippen LogP contribution in [-0.4, -0.2) is 129 Å². The molecule has 0 bridgehead atoms. The molecule has 1 aromatic heterocycles. The molecular weight excluding hydrogens is 1170 g/mol. The number of carbonyl (C=O) groups excluding carboxylic acids is 7. The van der Waals surface area contributed by atoms with E-state index in [2.05, 4.69) is 42.2 Å². The molecule has 7 amide bonds. The quantitative estimate of drug-likeness (QED) is 0.0313. The topological polar surface area (TPSA) is 267 Å². The molecule has 3 aliphatic rings. The van der Waals surface area contributed by atoms with E-state index in [1.54, 1.807) is 65.8 Å². The van der Waals surface area contributed by atoms with Crippen LogP contribution in [0.2, 0.25) is 0 Å². The van der Waals surface area contributed by atoms with Gasteiger partial charge in [-0.3, -0.25) is 43.1 Å². The Labute approximate surface area is 488 Å². The lowest BCUT2D eigenvalue weighted by Crippen LogP contribution is -2.58. The fourth-order valence-corrected chi connectivity index (χ4v) is 11.9. The Morgan fingerprint density at radius 3 is 2.12 bits per heavy atom. The Bertz CT molecular complexity index is 3170. The third kappa shape index (κ3) is 15.3. The third-order valence-electron chi connectivity index (χ3n) is 14.9. The highest BCUT2D eigenvalue weighted by Crippen LogP contribution is 2.59. The molecule has 0 aliphatic carbocycles. The van der Waals surface area contributed by atoms with Crippen LogP contribution in [0.15, 0.2) is 88.0 Å². The van der Waals surface area contributed by atoms with Gasteiger partial charge in [0.2, 0.25) is 35.4 Å². The van der Waals surface area contributed by atoms with Gasteiger partial charge in [-0.05, 0) is 108 Å². The number of unbranched alkanes of at least 4 members (excludes halogenated alkanes) is 1. The summed E-state index contributed by atoms with van der Waals surface area (Å²) in [6.07, 6.45) is 3.22. The van der Waals surface area contributed by atoms with Crippen molar-refractivity contribution in [2.45, 2.75) is 142 Å². The van der Waals surface area contributed by atoms with E-state index >= 15 is 0 Å². The van der Waals surface area contributed by atoms with Gasteiger partial charge in [0, 0.05) is 90.7 Å². The monoisotopic (exact) mass is 1240 g/mol. The van der Waals surface area contributed by atoms with Gasteiger partial charge in [-0.1, -0.05) is 87.8 Å². The van der Waals surface area contributed by atoms with E-state index in [0.717, 1.165) is 56.8 Å². The lowest BCUT2D eigenvalue weighted by atomic mass is 9.85. The smallest absolute Gasteiger partial charge is 0.391 e. The minimum Gasteiger partial charge on any atom is -0.391 e. The van der Waals surface area contributed by atoms with Crippen molar-refractivity contribution in [3.63, 3.8) is 0 Å². The van der Waals surface area contributed by atoms with Crippen molar-refractivity contribution in [2.24, 2.45) is 15.8 Å². The Morgan fingerprint density at radius 1 is 0.829 bits per heavy atom. The zero-order valence-electron chi connectivity index (χ0n) is 47.0. The second-order valence-corrected chi connectivity index (χ2v) is 26.8. The summed E-state index contributed by atoms with van der Waals surface area (Å²) < 4.78 is 41.8. The van der Waals surface area contributed by atoms with E-state index in [-0.39, 0.29) is 68.2 Å². The number of hydrogen-bond acceptors (Lipinski definition) is 11. The van der Waals surface area contributed by atoms with Crippen LogP contribution in [0.3, 0.4) is 0 Å². The number of benzene rings is 3. The minimum atomic E-state index is -5.85. The maximum atomic E-state index is 14.6. The summed E-state index contributed by atoms with van der Waals surface area (Å²) in [5.74, 6) is -3.32. The number of aliphatic imine (C=N–C) groups is 1. The summed E-state index contributed by atoms with van der Waals surface area (Å²) in [7, 11) is -5.85. The third-order valence-corrected chi connectivity index (χ3v) is 17.5. The lowest BCUT2D eigenvalue weighted by molar-refractivity contribution is -0.144. The summed E-state index contributed by atoms with van der Waals surface area (Å²) in [5.41, 5.74) is -2.51. The second kappa shape index (κ2) is 26.1. The molecule has 24 heteroatoms. The fourth-order valence-electron chi connectivity index (χ4n) is 10.2. The maximum Gasteiger partial charge on any atom is 0.399 e. The van der Waals surface area contributed by atoms with Crippen molar-refractivity contribution in [2.75, 3.05) is 31.1 Å². The number of thiophene rings is 1. The van der Waals surface area contributed by atoms with Gasteiger partial charge >= 0.3 is 13.3 Å². The molecule has 0 spiro atoms. The number of carbonyl (C=O) groups is 7. The van der Waals surface area contributed by atoms with Gasteiger partial charge in [0.15, 0.2) is 0 Å². The zero-order chi connectivity index (χ0) is 60.1. The SMILES string of the molecule is CC1=C(c2ccc(CNC(=O)[C@@H]3C[C@@H](O)CN3C(=O)C(NC(=O)CCCCNC(=O)CCN(C(=O)[C@@H]3CCCN3C(=O)C(NC(=O)c3cc4cc(C(F)(F)P(=O)(O)O)ccc4s3)C(C)(C)C)c3ccc(Br)cc3)C(C)(C)C)cc2)CC=N1. The zero-order valence-corrected chi connectivity index (χ0v) is 50.3. The Kier molecular flexibility index (Phi) is 20.2. The molecule has 0 radical (unpaired) electrons. The number of nitrogens with one attached hydrogen (secondary N) is 4. The number of allylic oxidation sites excluding steroid dienone is 2. The van der Waals surface area contributed by atoms with Crippen molar-refractivity contribution < 1.29 is 61.8 Å². The highest BCUT2D eigenvalue weighted by molar-refractivity contribution is 9.10. The van der Waals surface area contributed by atoms with Gasteiger partial charge in [-0.2, -0.15) is 8.78 Å². The fraction of sp³-hybridized carbons (Fsp3) is 0.483. The number of amides is 7. The molecule has 2 fully saturated rings. The molecule has 3 aliphatic heterocycles. The Balaban J connectivity index is 0.907. The number of aliphatic hydroxyl groups excluding tert-OH is 1. The average molecular weight is 1240 g/mol. The highest BCUT2D eigenvalue weighted by Gasteiger charge is 2.51. The molecule has 7 rings (SSSR count). The minimum absolute atomic E-state index is 0.0344. The first-order chi connectivity index (χ1) is 38.4. The molecule has 5 atom stereocenters. The standard InChI is InChI=1S/C58H72BrF2N8O11PS/c1-34-42(23-26-62-34)36-15-13-35(14-16-36)32-64-51(73)44-31-41(70)33-69(44)55(77)49(56(2,3)4)65-48(72)12-8-9-25-63-47(71)24-28-67(40-20-18-39(59)19-21-40)53(75)43-11-10-27-68(43)54(76)50(57(5,6)7)66-52(74)46-30-37-29-38(17-22-45(37)82-46)58(60,61)81(78,79)80/h13-22,26,29-30,41,43-44,49-50,70H,8-12,23-25,27-28,31-33H2,1-7H3,(H,63,71)(H,64,73)(H,65,72)(H,66,74)(H2,78,79,80)/t41-,43+,44+,49?,50?/m1/s1. The molecule has 442 valence electrons. The van der Waals surface area contributed by atoms with Crippen molar-refractivity contribution in [3.8, 4) is 0 Å². The van der Waals surface area contributed by atoms with Crippen LogP contribution < -0.4 is 26.2 Å². The summed E-state index contributed by atoms with van der Waals surface area (Å²) in [4.78, 5) is 125. The Morgan fingerprint density at radius 2 is 1.49 bits per heavy atom. The Hall–Kier alpha value is -6.23. The largest absolute Gasteiger partial charge is 0.399 e. The first-order valence-corrected chi connectivity index (χ1v) is 30.5. The maximum absolute atomic E-state index is 14.6. The van der Waals surface area contributed by atoms with Crippen LogP contribution in [0.4, 0.5) is 14.5 Å². The summed E-state index contributed by atoms with van der Waals surface area (Å²) in [6, 6.07) is 15.0. The van der Waals surface area contributed by atoms with Crippen molar-refractivity contribution >= 4 is 104 Å². The second-order valence-electron chi connectivity index (χ2n) is 23.2. The average Bonchev–Trinajstić information content (AvgIpc) is 4.36. The van der Waals surface area contributed by atoms with Crippen LogP contribution >= 0.6 is 34.9 Å². The van der Waals surface area contributed by atoms with Crippen LogP contribution in [0.25, 0.3) is 15.7 Å². The number of fused-ring (bicyclic) bond motifs is 1. The van der Waals surface area contributed by atoms with Gasteiger partial charge in [0.25, 0.3) is 5.91 Å². The van der Waals surface area contributed by atoms with E-state index in [0.29, 0.717) is 36.1 Å². The molecule has 2 unspecified atom stereocenters. The molecule has 7 N–H and O–H groups in total. The number of β-amino-alcohol motifs (C(OH)–C–C–N with tert-alkyl or cyclic N) is 1. The molecule has 19 nitrogen and oxygen atoms in total. The van der Waals surface area contributed by atoms with E-state index in [1.165, 1.54) is 26.8 Å². The van der Waals surface area contributed by atoms with Gasteiger partial charge < -0.3 is 50.9 Å². The van der Waals surface area contributed by atoms with Gasteiger partial charge in [0.05, 0.1) is 11.0 Å².